The summed E-state index contributed by atoms with van der Waals surface area (Å²) in [4.78, 5) is 0. The van der Waals surface area contributed by atoms with Crippen molar-refractivity contribution in [3.8, 4) is 0 Å². The first-order valence-electron chi connectivity index (χ1n) is 6.75. The first-order valence-corrected chi connectivity index (χ1v) is 12.8. The molecule has 1 aromatic rings. The molecular formula is C16H35CoP2+. The van der Waals surface area contributed by atoms with Gasteiger partial charge < -0.3 is 0 Å². The van der Waals surface area contributed by atoms with E-state index in [1.807, 2.05) is 0 Å². The van der Waals surface area contributed by atoms with Gasteiger partial charge in [-0.3, -0.25) is 0 Å². The average Bonchev–Trinajstić information content (AvgIpc) is 2.35. The van der Waals surface area contributed by atoms with Crippen molar-refractivity contribution < 1.29 is 16.8 Å². The third-order valence-corrected chi connectivity index (χ3v) is 2.81. The Hall–Kier alpha value is 0.716. The molecule has 0 aromatic heterocycles. The molecule has 0 unspecified atom stereocenters. The van der Waals surface area contributed by atoms with E-state index in [0.29, 0.717) is 0 Å². The molecule has 117 valence electrons. The Morgan fingerprint density at radius 3 is 0.842 bits per heavy atom. The molecule has 0 heterocycles. The van der Waals surface area contributed by atoms with Gasteiger partial charge in [-0.05, 0) is 15.8 Å². The van der Waals surface area contributed by atoms with Gasteiger partial charge in [0.1, 0.15) is 0 Å². The molecular weight excluding hydrogens is 313 g/mol. The van der Waals surface area contributed by atoms with E-state index < -0.39 is 0 Å². The zero-order chi connectivity index (χ0) is 15.0. The number of rotatable bonds is 0. The molecule has 0 amide bonds. The standard InChI is InChI=1S/C10H15.2C3H9P.Co/c1-6-7(2)9(4)10(5)8(6)3;2*1-4(2)3;/h1-5H3;2*1-3H3;/q-1;;;/p+2. The molecule has 0 aliphatic rings. The largest absolute Gasteiger partial charge is 0.196 e. The van der Waals surface area contributed by atoms with Gasteiger partial charge in [0.2, 0.25) is 0 Å². The van der Waals surface area contributed by atoms with Crippen molar-refractivity contribution in [1.29, 1.82) is 0 Å². The number of hydrogen-bond acceptors (Lipinski definition) is 0. The normalized spacial score (nSPS) is 9.32. The average molecular weight is 348 g/mol. The Kier molecular flexibility index (Phi) is 16.2. The molecule has 1 rings (SSSR count). The zero-order valence-corrected chi connectivity index (χ0v) is 17.9. The Bertz CT molecular complexity index is 247. The van der Waals surface area contributed by atoms with Crippen LogP contribution in [0.2, 0.25) is 0 Å². The minimum absolute atomic E-state index is 0. The van der Waals surface area contributed by atoms with Crippen LogP contribution in [0, 0.1) is 34.6 Å². The Balaban J connectivity index is -0.000000242. The summed E-state index contributed by atoms with van der Waals surface area (Å²) in [5.74, 6) is 0. The Morgan fingerprint density at radius 1 is 0.632 bits per heavy atom. The van der Waals surface area contributed by atoms with E-state index in [4.69, 9.17) is 0 Å². The van der Waals surface area contributed by atoms with E-state index in [9.17, 15) is 0 Å². The third kappa shape index (κ3) is 12.2. The zero-order valence-electron chi connectivity index (χ0n) is 14.8. The maximum absolute atomic E-state index is 2.27. The summed E-state index contributed by atoms with van der Waals surface area (Å²) in [6.45, 7) is 24.6. The fourth-order valence-electron chi connectivity index (χ4n) is 1.41. The van der Waals surface area contributed by atoms with Crippen LogP contribution in [0.4, 0.5) is 0 Å². The van der Waals surface area contributed by atoms with Crippen molar-refractivity contribution in [2.24, 2.45) is 0 Å². The quantitative estimate of drug-likeness (QED) is 0.451. The van der Waals surface area contributed by atoms with Crippen molar-refractivity contribution in [3.63, 3.8) is 0 Å². The van der Waals surface area contributed by atoms with Crippen molar-refractivity contribution in [3.05, 3.63) is 27.8 Å². The molecule has 0 saturated heterocycles. The first kappa shape index (κ1) is 24.7. The Morgan fingerprint density at radius 2 is 0.789 bits per heavy atom. The molecule has 0 fully saturated rings. The first-order chi connectivity index (χ1) is 8.02. The van der Waals surface area contributed by atoms with Gasteiger partial charge in [0.05, 0.1) is 0 Å². The van der Waals surface area contributed by atoms with Crippen molar-refractivity contribution >= 4 is 15.8 Å². The third-order valence-electron chi connectivity index (χ3n) is 2.81. The minimum atomic E-state index is 0. The monoisotopic (exact) mass is 348 g/mol. The predicted molar refractivity (Wildman–Crippen MR) is 97.9 cm³/mol. The van der Waals surface area contributed by atoms with E-state index in [1.54, 1.807) is 0 Å². The second-order valence-electron chi connectivity index (χ2n) is 6.12. The van der Waals surface area contributed by atoms with Crippen molar-refractivity contribution in [1.82, 2.24) is 0 Å². The molecule has 3 heteroatoms. The summed E-state index contributed by atoms with van der Waals surface area (Å²) >= 11 is 0. The van der Waals surface area contributed by atoms with Gasteiger partial charge in [0, 0.05) is 56.8 Å². The van der Waals surface area contributed by atoms with Crippen LogP contribution in [0.25, 0.3) is 0 Å². The van der Waals surface area contributed by atoms with Crippen LogP contribution in [-0.4, -0.2) is 40.0 Å². The van der Waals surface area contributed by atoms with Crippen LogP contribution in [0.15, 0.2) is 0 Å². The summed E-state index contributed by atoms with van der Waals surface area (Å²) < 4.78 is 0. The molecule has 0 N–H and O–H groups in total. The molecule has 0 atom stereocenters. The maximum atomic E-state index is 2.27. The molecule has 1 radical (unpaired) electrons. The van der Waals surface area contributed by atoms with E-state index in [-0.39, 0.29) is 32.6 Å². The molecule has 0 aliphatic carbocycles. The number of hydrogen-bond donors (Lipinski definition) is 0. The summed E-state index contributed by atoms with van der Waals surface area (Å²) in [5.41, 5.74) is 7.34. The van der Waals surface area contributed by atoms with Crippen LogP contribution in [0.3, 0.4) is 0 Å². The van der Waals surface area contributed by atoms with Gasteiger partial charge in [-0.2, -0.15) is 27.8 Å². The fraction of sp³-hybridized carbons (Fsp3) is 0.688. The topological polar surface area (TPSA) is 0 Å². The van der Waals surface area contributed by atoms with Gasteiger partial charge in [-0.25, -0.2) is 0 Å². The van der Waals surface area contributed by atoms with Gasteiger partial charge in [0.25, 0.3) is 0 Å². The smallest absolute Gasteiger partial charge is 0.0461 e. The second-order valence-corrected chi connectivity index (χ2v) is 12.1. The summed E-state index contributed by atoms with van der Waals surface area (Å²) in [5, 5.41) is 0. The van der Waals surface area contributed by atoms with Crippen LogP contribution in [-0.2, 0) is 16.8 Å². The van der Waals surface area contributed by atoms with Crippen LogP contribution < -0.4 is 0 Å². The molecule has 0 nitrogen and oxygen atoms in total. The molecule has 0 bridgehead atoms. The van der Waals surface area contributed by atoms with Crippen molar-refractivity contribution in [2.75, 3.05) is 40.0 Å². The Labute approximate surface area is 135 Å². The van der Waals surface area contributed by atoms with Gasteiger partial charge in [-0.1, -0.05) is 34.6 Å². The molecule has 19 heavy (non-hydrogen) atoms. The van der Waals surface area contributed by atoms with Crippen LogP contribution >= 0.6 is 15.8 Å². The predicted octanol–water partition coefficient (Wildman–Crippen LogP) is 5.13. The van der Waals surface area contributed by atoms with E-state index in [1.165, 1.54) is 27.8 Å². The second kappa shape index (κ2) is 12.5. The maximum Gasteiger partial charge on any atom is 0.0461 e. The van der Waals surface area contributed by atoms with E-state index >= 15 is 0 Å². The van der Waals surface area contributed by atoms with Crippen molar-refractivity contribution in [2.45, 2.75) is 34.6 Å². The summed E-state index contributed by atoms with van der Waals surface area (Å²) in [6, 6.07) is 0. The summed E-state index contributed by atoms with van der Waals surface area (Å²) in [6.07, 6.45) is 0. The van der Waals surface area contributed by atoms with Gasteiger partial charge >= 0.3 is 0 Å². The molecule has 0 spiro atoms. The molecule has 1 aromatic carbocycles. The molecule has 0 aliphatic heterocycles. The van der Waals surface area contributed by atoms with E-state index in [2.05, 4.69) is 74.6 Å². The van der Waals surface area contributed by atoms with Gasteiger partial charge in [0.15, 0.2) is 0 Å². The van der Waals surface area contributed by atoms with Crippen LogP contribution in [0.1, 0.15) is 27.8 Å². The van der Waals surface area contributed by atoms with Crippen LogP contribution in [0.5, 0.6) is 0 Å². The van der Waals surface area contributed by atoms with E-state index in [0.717, 1.165) is 0 Å². The van der Waals surface area contributed by atoms with Gasteiger partial charge in [-0.15, -0.1) is 0 Å². The SMILES string of the molecule is C[PH+](C)C.C[PH+](C)C.Cc1c(C)c(C)[c-](C)c1C.[Co]. The minimum Gasteiger partial charge on any atom is -0.196 e. The summed E-state index contributed by atoms with van der Waals surface area (Å²) in [7, 11) is 0.241. The molecule has 0 saturated carbocycles. The fourth-order valence-corrected chi connectivity index (χ4v) is 1.41.